The predicted octanol–water partition coefficient (Wildman–Crippen LogP) is 3.69. The molecule has 0 unspecified atom stereocenters. The number of carbonyl (C=O) groups is 1. The summed E-state index contributed by atoms with van der Waals surface area (Å²) in [5, 5.41) is 0. The molecule has 0 radical (unpaired) electrons. The normalized spacial score (nSPS) is 10.5. The Hall–Kier alpha value is -2.36. The quantitative estimate of drug-likeness (QED) is 0.875. The molecular weight excluding hydrogens is 267 g/mol. The van der Waals surface area contributed by atoms with Crippen molar-refractivity contribution in [2.45, 2.75) is 20.8 Å². The van der Waals surface area contributed by atoms with Gasteiger partial charge in [-0.2, -0.15) is 0 Å². The van der Waals surface area contributed by atoms with E-state index in [1.165, 1.54) is 11.0 Å². The van der Waals surface area contributed by atoms with Gasteiger partial charge in [-0.15, -0.1) is 0 Å². The molecule has 4 heteroatoms. The first-order chi connectivity index (χ1) is 9.95. The second-order valence-electron chi connectivity index (χ2n) is 5.02. The molecule has 0 saturated carbocycles. The standard InChI is InChI=1S/C17H19FN2O/c1-4-20(16-8-6-5-7-14(16)18)17(21)13-10-15(19)12(3)9-11(13)2/h5-10H,4,19H2,1-3H3. The molecule has 2 aromatic carbocycles. The second kappa shape index (κ2) is 5.95. The minimum absolute atomic E-state index is 0.244. The van der Waals surface area contributed by atoms with E-state index in [1.54, 1.807) is 24.3 Å². The van der Waals surface area contributed by atoms with Crippen molar-refractivity contribution in [1.29, 1.82) is 0 Å². The average Bonchev–Trinajstić information content (AvgIpc) is 2.45. The fourth-order valence-electron chi connectivity index (χ4n) is 2.34. The number of hydrogen-bond donors (Lipinski definition) is 1. The lowest BCUT2D eigenvalue weighted by atomic mass is 10.0. The van der Waals surface area contributed by atoms with Gasteiger partial charge in [0.2, 0.25) is 0 Å². The van der Waals surface area contributed by atoms with Gasteiger partial charge in [0.1, 0.15) is 5.82 Å². The van der Waals surface area contributed by atoms with Gasteiger partial charge in [-0.1, -0.05) is 18.2 Å². The summed E-state index contributed by atoms with van der Waals surface area (Å²) < 4.78 is 13.9. The van der Waals surface area contributed by atoms with Crippen LogP contribution in [-0.2, 0) is 0 Å². The van der Waals surface area contributed by atoms with Crippen LogP contribution < -0.4 is 10.6 Å². The lowest BCUT2D eigenvalue weighted by Crippen LogP contribution is -2.32. The highest BCUT2D eigenvalue weighted by molar-refractivity contribution is 6.07. The van der Waals surface area contributed by atoms with Crippen molar-refractivity contribution in [1.82, 2.24) is 0 Å². The van der Waals surface area contributed by atoms with E-state index in [0.717, 1.165) is 11.1 Å². The number of para-hydroxylation sites is 1. The highest BCUT2D eigenvalue weighted by atomic mass is 19.1. The Balaban J connectivity index is 2.47. The first kappa shape index (κ1) is 15.0. The summed E-state index contributed by atoms with van der Waals surface area (Å²) in [6.07, 6.45) is 0. The summed E-state index contributed by atoms with van der Waals surface area (Å²) in [6, 6.07) is 9.80. The van der Waals surface area contributed by atoms with Crippen molar-refractivity contribution in [3.05, 3.63) is 58.9 Å². The maximum absolute atomic E-state index is 13.9. The molecule has 2 N–H and O–H groups in total. The van der Waals surface area contributed by atoms with Gasteiger partial charge in [0.05, 0.1) is 5.69 Å². The van der Waals surface area contributed by atoms with Crippen molar-refractivity contribution in [2.24, 2.45) is 0 Å². The van der Waals surface area contributed by atoms with Crippen LogP contribution in [0.5, 0.6) is 0 Å². The van der Waals surface area contributed by atoms with Crippen LogP contribution in [0.1, 0.15) is 28.4 Å². The molecule has 2 rings (SSSR count). The van der Waals surface area contributed by atoms with Gasteiger partial charge in [-0.05, 0) is 50.1 Å². The van der Waals surface area contributed by atoms with Crippen molar-refractivity contribution in [2.75, 3.05) is 17.2 Å². The van der Waals surface area contributed by atoms with Crippen LogP contribution in [0.15, 0.2) is 36.4 Å². The zero-order chi connectivity index (χ0) is 15.6. The number of hydrogen-bond acceptors (Lipinski definition) is 2. The van der Waals surface area contributed by atoms with E-state index < -0.39 is 5.82 Å². The number of carbonyl (C=O) groups excluding carboxylic acids is 1. The molecule has 0 aliphatic heterocycles. The van der Waals surface area contributed by atoms with E-state index in [4.69, 9.17) is 5.73 Å². The van der Waals surface area contributed by atoms with Gasteiger partial charge in [-0.3, -0.25) is 4.79 Å². The third-order valence-electron chi connectivity index (χ3n) is 3.55. The van der Waals surface area contributed by atoms with Crippen LogP contribution in [0, 0.1) is 19.7 Å². The summed E-state index contributed by atoms with van der Waals surface area (Å²) in [5.41, 5.74) is 9.00. The zero-order valence-electron chi connectivity index (χ0n) is 12.5. The van der Waals surface area contributed by atoms with Crippen LogP contribution in [-0.4, -0.2) is 12.5 Å². The molecule has 0 heterocycles. The highest BCUT2D eigenvalue weighted by Crippen LogP contribution is 2.24. The fraction of sp³-hybridized carbons (Fsp3) is 0.235. The number of halogens is 1. The largest absolute Gasteiger partial charge is 0.398 e. The number of nitrogen functional groups attached to an aromatic ring is 1. The van der Waals surface area contributed by atoms with E-state index in [2.05, 4.69) is 0 Å². The number of nitrogens with two attached hydrogens (primary N) is 1. The number of nitrogens with zero attached hydrogens (tertiary/aromatic N) is 1. The van der Waals surface area contributed by atoms with E-state index in [-0.39, 0.29) is 11.6 Å². The highest BCUT2D eigenvalue weighted by Gasteiger charge is 2.21. The molecule has 0 aromatic heterocycles. The third-order valence-corrected chi connectivity index (χ3v) is 3.55. The summed E-state index contributed by atoms with van der Waals surface area (Å²) in [4.78, 5) is 14.1. The zero-order valence-corrected chi connectivity index (χ0v) is 12.5. The minimum atomic E-state index is -0.412. The number of anilines is 2. The van der Waals surface area contributed by atoms with Gasteiger partial charge in [-0.25, -0.2) is 4.39 Å². The monoisotopic (exact) mass is 286 g/mol. The van der Waals surface area contributed by atoms with Crippen LogP contribution in [0.3, 0.4) is 0 Å². The Morgan fingerprint density at radius 3 is 2.48 bits per heavy atom. The molecule has 3 nitrogen and oxygen atoms in total. The number of benzene rings is 2. The molecule has 0 saturated heterocycles. The van der Waals surface area contributed by atoms with Crippen LogP contribution in [0.2, 0.25) is 0 Å². The number of rotatable bonds is 3. The topological polar surface area (TPSA) is 46.3 Å². The lowest BCUT2D eigenvalue weighted by molar-refractivity contribution is 0.0987. The van der Waals surface area contributed by atoms with Crippen molar-refractivity contribution >= 4 is 17.3 Å². The summed E-state index contributed by atoms with van der Waals surface area (Å²) in [7, 11) is 0. The van der Waals surface area contributed by atoms with E-state index in [9.17, 15) is 9.18 Å². The van der Waals surface area contributed by atoms with Gasteiger partial charge < -0.3 is 10.6 Å². The number of aryl methyl sites for hydroxylation is 2. The molecule has 0 aliphatic carbocycles. The first-order valence-corrected chi connectivity index (χ1v) is 6.88. The summed E-state index contributed by atoms with van der Waals surface area (Å²) in [6.45, 7) is 5.95. The van der Waals surface area contributed by atoms with Crippen molar-refractivity contribution < 1.29 is 9.18 Å². The van der Waals surface area contributed by atoms with Gasteiger partial charge >= 0.3 is 0 Å². The summed E-state index contributed by atoms with van der Waals surface area (Å²) >= 11 is 0. The fourth-order valence-corrected chi connectivity index (χ4v) is 2.34. The van der Waals surface area contributed by atoms with Crippen LogP contribution >= 0.6 is 0 Å². The van der Waals surface area contributed by atoms with Crippen LogP contribution in [0.4, 0.5) is 15.8 Å². The van der Waals surface area contributed by atoms with Gasteiger partial charge in [0.15, 0.2) is 0 Å². The second-order valence-corrected chi connectivity index (χ2v) is 5.02. The van der Waals surface area contributed by atoms with Crippen molar-refractivity contribution in [3.8, 4) is 0 Å². The molecule has 110 valence electrons. The molecule has 0 aliphatic rings. The Labute approximate surface area is 124 Å². The SMILES string of the molecule is CCN(C(=O)c1cc(N)c(C)cc1C)c1ccccc1F. The Bertz CT molecular complexity index is 682. The van der Waals surface area contributed by atoms with Crippen molar-refractivity contribution in [3.63, 3.8) is 0 Å². The van der Waals surface area contributed by atoms with Gasteiger partial charge in [0, 0.05) is 17.8 Å². The Morgan fingerprint density at radius 1 is 1.19 bits per heavy atom. The van der Waals surface area contributed by atoms with Gasteiger partial charge in [0.25, 0.3) is 5.91 Å². The Morgan fingerprint density at radius 2 is 1.86 bits per heavy atom. The minimum Gasteiger partial charge on any atom is -0.398 e. The van der Waals surface area contributed by atoms with E-state index in [0.29, 0.717) is 17.8 Å². The molecule has 2 aromatic rings. The summed E-state index contributed by atoms with van der Waals surface area (Å²) in [5.74, 6) is -0.655. The lowest BCUT2D eigenvalue weighted by Gasteiger charge is -2.23. The average molecular weight is 286 g/mol. The first-order valence-electron chi connectivity index (χ1n) is 6.88. The van der Waals surface area contributed by atoms with E-state index >= 15 is 0 Å². The predicted molar refractivity (Wildman–Crippen MR) is 84.1 cm³/mol. The maximum atomic E-state index is 13.9. The molecule has 1 amide bonds. The Kier molecular flexibility index (Phi) is 4.26. The van der Waals surface area contributed by atoms with E-state index in [1.807, 2.05) is 26.8 Å². The molecule has 21 heavy (non-hydrogen) atoms. The number of amides is 1. The maximum Gasteiger partial charge on any atom is 0.258 e. The third kappa shape index (κ3) is 2.89. The molecule has 0 fully saturated rings. The molecule has 0 bridgehead atoms. The van der Waals surface area contributed by atoms with Crippen LogP contribution in [0.25, 0.3) is 0 Å². The molecule has 0 atom stereocenters. The molecular formula is C17H19FN2O. The smallest absolute Gasteiger partial charge is 0.258 e. The molecule has 0 spiro atoms.